The van der Waals surface area contributed by atoms with Crippen molar-refractivity contribution in [3.05, 3.63) is 35.9 Å². The largest absolute Gasteiger partial charge is 0.333 e. The molecule has 0 aromatic heterocycles. The predicted molar refractivity (Wildman–Crippen MR) is 67.4 cm³/mol. The van der Waals surface area contributed by atoms with Gasteiger partial charge in [-0.1, -0.05) is 30.3 Å². The number of carbonyl (C=O) groups is 1. The Bertz CT molecular complexity index is 366. The number of amides is 1. The summed E-state index contributed by atoms with van der Waals surface area (Å²) in [6, 6.07) is 10.3. The van der Waals surface area contributed by atoms with Gasteiger partial charge in [0.25, 0.3) is 0 Å². The van der Waals surface area contributed by atoms with Gasteiger partial charge in [0.2, 0.25) is 5.91 Å². The molecule has 1 fully saturated rings. The van der Waals surface area contributed by atoms with Gasteiger partial charge in [-0.3, -0.25) is 4.79 Å². The van der Waals surface area contributed by atoms with Crippen LogP contribution in [0.3, 0.4) is 0 Å². The van der Waals surface area contributed by atoms with E-state index in [4.69, 9.17) is 5.73 Å². The number of piperazine rings is 1. The van der Waals surface area contributed by atoms with E-state index in [9.17, 15) is 4.79 Å². The number of benzene rings is 1. The molecule has 1 heterocycles. The summed E-state index contributed by atoms with van der Waals surface area (Å²) < 4.78 is 0. The standard InChI is InChI=1S/C13H19N3O/c14-7-6-13(17)16-9-8-15-10-12(16)11-4-2-1-3-5-11/h1-5,12,15H,6-10,14H2/t12-/m1/s1. The number of nitrogens with one attached hydrogen (secondary N) is 1. The van der Waals surface area contributed by atoms with Crippen LogP contribution in [-0.2, 0) is 4.79 Å². The lowest BCUT2D eigenvalue weighted by Gasteiger charge is -2.36. The Hall–Kier alpha value is -1.39. The van der Waals surface area contributed by atoms with Crippen molar-refractivity contribution in [3.63, 3.8) is 0 Å². The van der Waals surface area contributed by atoms with Gasteiger partial charge in [-0.15, -0.1) is 0 Å². The van der Waals surface area contributed by atoms with Gasteiger partial charge in [-0.05, 0) is 5.56 Å². The maximum atomic E-state index is 12.0. The molecule has 0 unspecified atom stereocenters. The van der Waals surface area contributed by atoms with Crippen molar-refractivity contribution in [2.75, 3.05) is 26.2 Å². The van der Waals surface area contributed by atoms with Crippen molar-refractivity contribution in [2.45, 2.75) is 12.5 Å². The van der Waals surface area contributed by atoms with Crippen LogP contribution in [0.25, 0.3) is 0 Å². The van der Waals surface area contributed by atoms with Gasteiger partial charge in [-0.2, -0.15) is 0 Å². The van der Waals surface area contributed by atoms with Crippen LogP contribution in [-0.4, -0.2) is 37.0 Å². The molecular weight excluding hydrogens is 214 g/mol. The van der Waals surface area contributed by atoms with Crippen molar-refractivity contribution in [2.24, 2.45) is 5.73 Å². The summed E-state index contributed by atoms with van der Waals surface area (Å²) in [5.41, 5.74) is 6.64. The Labute approximate surface area is 102 Å². The summed E-state index contributed by atoms with van der Waals surface area (Å²) in [6.45, 7) is 2.86. The zero-order valence-electron chi connectivity index (χ0n) is 9.93. The summed E-state index contributed by atoms with van der Waals surface area (Å²) in [4.78, 5) is 13.9. The Morgan fingerprint density at radius 3 is 2.88 bits per heavy atom. The molecule has 0 bridgehead atoms. The molecule has 3 N–H and O–H groups in total. The van der Waals surface area contributed by atoms with Gasteiger partial charge in [0.1, 0.15) is 0 Å². The van der Waals surface area contributed by atoms with Crippen LogP contribution in [0.1, 0.15) is 18.0 Å². The van der Waals surface area contributed by atoms with E-state index in [1.165, 1.54) is 5.56 Å². The molecule has 92 valence electrons. The summed E-state index contributed by atoms with van der Waals surface area (Å²) in [5, 5.41) is 3.34. The highest BCUT2D eigenvalue weighted by molar-refractivity contribution is 5.77. The van der Waals surface area contributed by atoms with E-state index in [-0.39, 0.29) is 11.9 Å². The molecular formula is C13H19N3O. The summed E-state index contributed by atoms with van der Waals surface area (Å²) in [6.07, 6.45) is 0.434. The molecule has 1 aromatic carbocycles. The van der Waals surface area contributed by atoms with Crippen LogP contribution in [0.2, 0.25) is 0 Å². The number of carbonyl (C=O) groups excluding carboxylic acids is 1. The predicted octanol–water partition coefficient (Wildman–Crippen LogP) is 0.508. The van der Waals surface area contributed by atoms with Crippen molar-refractivity contribution in [1.82, 2.24) is 10.2 Å². The van der Waals surface area contributed by atoms with E-state index in [0.717, 1.165) is 19.6 Å². The fourth-order valence-corrected chi connectivity index (χ4v) is 2.24. The lowest BCUT2D eigenvalue weighted by molar-refractivity contribution is -0.134. The first-order valence-corrected chi connectivity index (χ1v) is 6.08. The van der Waals surface area contributed by atoms with Crippen molar-refractivity contribution in [3.8, 4) is 0 Å². The first kappa shape index (κ1) is 12.1. The Balaban J connectivity index is 2.15. The van der Waals surface area contributed by atoms with Crippen molar-refractivity contribution in [1.29, 1.82) is 0 Å². The number of nitrogens with zero attached hydrogens (tertiary/aromatic N) is 1. The fourth-order valence-electron chi connectivity index (χ4n) is 2.24. The van der Waals surface area contributed by atoms with Crippen molar-refractivity contribution < 1.29 is 4.79 Å². The minimum absolute atomic E-state index is 0.143. The number of hydrogen-bond donors (Lipinski definition) is 2. The topological polar surface area (TPSA) is 58.4 Å². The molecule has 0 radical (unpaired) electrons. The highest BCUT2D eigenvalue weighted by Gasteiger charge is 2.26. The molecule has 0 aliphatic carbocycles. The molecule has 1 aliphatic heterocycles. The van der Waals surface area contributed by atoms with E-state index >= 15 is 0 Å². The second kappa shape index (κ2) is 5.80. The van der Waals surface area contributed by atoms with Crippen LogP contribution in [0, 0.1) is 0 Å². The SMILES string of the molecule is NCCC(=O)N1CCNC[C@@H]1c1ccccc1. The first-order chi connectivity index (χ1) is 8.33. The van der Waals surface area contributed by atoms with E-state index in [2.05, 4.69) is 17.4 Å². The monoisotopic (exact) mass is 233 g/mol. The van der Waals surface area contributed by atoms with Gasteiger partial charge < -0.3 is 16.0 Å². The van der Waals surface area contributed by atoms with Crippen LogP contribution < -0.4 is 11.1 Å². The summed E-state index contributed by atoms with van der Waals surface area (Å²) in [7, 11) is 0. The van der Waals surface area contributed by atoms with Crippen molar-refractivity contribution >= 4 is 5.91 Å². The molecule has 1 aliphatic rings. The molecule has 1 aromatic rings. The maximum absolute atomic E-state index is 12.0. The molecule has 0 saturated carbocycles. The van der Waals surface area contributed by atoms with Gasteiger partial charge in [-0.25, -0.2) is 0 Å². The van der Waals surface area contributed by atoms with Crippen LogP contribution in [0.15, 0.2) is 30.3 Å². The fraction of sp³-hybridized carbons (Fsp3) is 0.462. The van der Waals surface area contributed by atoms with Gasteiger partial charge in [0, 0.05) is 32.6 Å². The Morgan fingerprint density at radius 2 is 2.18 bits per heavy atom. The first-order valence-electron chi connectivity index (χ1n) is 6.08. The summed E-state index contributed by atoms with van der Waals surface area (Å²) >= 11 is 0. The third-order valence-electron chi connectivity index (χ3n) is 3.11. The van der Waals surface area contributed by atoms with Gasteiger partial charge in [0.05, 0.1) is 6.04 Å². The normalized spacial score (nSPS) is 20.3. The zero-order chi connectivity index (χ0) is 12.1. The van der Waals surface area contributed by atoms with E-state index in [1.54, 1.807) is 0 Å². The molecule has 17 heavy (non-hydrogen) atoms. The second-order valence-electron chi connectivity index (χ2n) is 4.26. The Morgan fingerprint density at radius 1 is 1.41 bits per heavy atom. The molecule has 4 heteroatoms. The van der Waals surface area contributed by atoms with Crippen LogP contribution >= 0.6 is 0 Å². The third-order valence-corrected chi connectivity index (χ3v) is 3.11. The maximum Gasteiger partial charge on any atom is 0.224 e. The van der Waals surface area contributed by atoms with Gasteiger partial charge in [0.15, 0.2) is 0 Å². The zero-order valence-corrected chi connectivity index (χ0v) is 9.93. The van der Waals surface area contributed by atoms with E-state index in [1.807, 2.05) is 23.1 Å². The lowest BCUT2D eigenvalue weighted by Crippen LogP contribution is -2.49. The molecule has 2 rings (SSSR count). The Kier molecular flexibility index (Phi) is 4.12. The smallest absolute Gasteiger partial charge is 0.224 e. The highest BCUT2D eigenvalue weighted by atomic mass is 16.2. The number of hydrogen-bond acceptors (Lipinski definition) is 3. The third kappa shape index (κ3) is 2.84. The van der Waals surface area contributed by atoms with E-state index < -0.39 is 0 Å². The molecule has 1 saturated heterocycles. The average molecular weight is 233 g/mol. The lowest BCUT2D eigenvalue weighted by atomic mass is 10.0. The molecule has 1 amide bonds. The van der Waals surface area contributed by atoms with Crippen LogP contribution in [0.5, 0.6) is 0 Å². The highest BCUT2D eigenvalue weighted by Crippen LogP contribution is 2.22. The number of nitrogens with two attached hydrogens (primary N) is 1. The second-order valence-corrected chi connectivity index (χ2v) is 4.26. The number of rotatable bonds is 3. The summed E-state index contributed by atoms with van der Waals surface area (Å²) in [5.74, 6) is 0.155. The molecule has 1 atom stereocenters. The average Bonchev–Trinajstić information content (AvgIpc) is 2.40. The van der Waals surface area contributed by atoms with Gasteiger partial charge >= 0.3 is 0 Å². The minimum Gasteiger partial charge on any atom is -0.333 e. The minimum atomic E-state index is 0.143. The van der Waals surface area contributed by atoms with E-state index in [0.29, 0.717) is 13.0 Å². The molecule has 0 spiro atoms. The quantitative estimate of drug-likeness (QED) is 0.799. The van der Waals surface area contributed by atoms with Crippen LogP contribution in [0.4, 0.5) is 0 Å². The molecule has 4 nitrogen and oxygen atoms in total.